The van der Waals surface area contributed by atoms with Crippen LogP contribution in [0.3, 0.4) is 0 Å². The fourth-order valence-electron chi connectivity index (χ4n) is 2.89. The summed E-state index contributed by atoms with van der Waals surface area (Å²) < 4.78 is 5.83. The lowest BCUT2D eigenvalue weighted by Gasteiger charge is -2.18. The molecule has 0 atom stereocenters. The summed E-state index contributed by atoms with van der Waals surface area (Å²) in [4.78, 5) is 10.6. The standard InChI is InChI=1S/C23H17N3O3/c27-26(28)21-13-7-8-18(16-21)23-15-14-22(29-23)17-24-25(19-9-3-1-4-10-19)20-11-5-2-6-12-20/h1-17H/b24-17+. The summed E-state index contributed by atoms with van der Waals surface area (Å²) in [6.07, 6.45) is 1.63. The summed E-state index contributed by atoms with van der Waals surface area (Å²) in [6.45, 7) is 0. The smallest absolute Gasteiger partial charge is 0.270 e. The molecule has 0 bridgehead atoms. The molecule has 4 rings (SSSR count). The van der Waals surface area contributed by atoms with Crippen molar-refractivity contribution in [3.8, 4) is 11.3 Å². The van der Waals surface area contributed by atoms with Crippen molar-refractivity contribution in [3.63, 3.8) is 0 Å². The predicted octanol–water partition coefficient (Wildman–Crippen LogP) is 6.03. The van der Waals surface area contributed by atoms with E-state index in [9.17, 15) is 10.1 Å². The number of benzene rings is 3. The highest BCUT2D eigenvalue weighted by molar-refractivity contribution is 5.80. The Bertz CT molecular complexity index is 1100. The first-order valence-electron chi connectivity index (χ1n) is 8.99. The molecule has 1 aromatic heterocycles. The van der Waals surface area contributed by atoms with Crippen LogP contribution in [-0.2, 0) is 0 Å². The van der Waals surface area contributed by atoms with Crippen LogP contribution < -0.4 is 5.01 Å². The average Bonchev–Trinajstić information content (AvgIpc) is 3.25. The van der Waals surface area contributed by atoms with Gasteiger partial charge in [0.05, 0.1) is 22.5 Å². The molecule has 6 heteroatoms. The fraction of sp³-hybridized carbons (Fsp3) is 0. The molecule has 0 saturated heterocycles. The number of non-ortho nitro benzene ring substituents is 1. The third-order valence-corrected chi connectivity index (χ3v) is 4.27. The highest BCUT2D eigenvalue weighted by Crippen LogP contribution is 2.27. The third-order valence-electron chi connectivity index (χ3n) is 4.27. The molecular formula is C23H17N3O3. The van der Waals surface area contributed by atoms with Crippen LogP contribution in [-0.4, -0.2) is 11.1 Å². The number of rotatable bonds is 6. The third kappa shape index (κ3) is 4.22. The normalized spacial score (nSPS) is 10.9. The Morgan fingerprint density at radius 1 is 0.828 bits per heavy atom. The molecule has 142 valence electrons. The van der Waals surface area contributed by atoms with Crippen LogP contribution in [0.5, 0.6) is 0 Å². The number of nitro groups is 1. The van der Waals surface area contributed by atoms with Crippen molar-refractivity contribution in [2.45, 2.75) is 0 Å². The topological polar surface area (TPSA) is 71.9 Å². The summed E-state index contributed by atoms with van der Waals surface area (Å²) in [5, 5.41) is 17.4. The van der Waals surface area contributed by atoms with E-state index >= 15 is 0 Å². The Morgan fingerprint density at radius 2 is 1.48 bits per heavy atom. The second-order valence-corrected chi connectivity index (χ2v) is 6.24. The second-order valence-electron chi connectivity index (χ2n) is 6.24. The Balaban J connectivity index is 1.62. The minimum atomic E-state index is -0.424. The number of hydrogen-bond donors (Lipinski definition) is 0. The molecule has 0 aliphatic heterocycles. The quantitative estimate of drug-likeness (QED) is 0.232. The van der Waals surface area contributed by atoms with Gasteiger partial charge in [-0.15, -0.1) is 0 Å². The number of anilines is 2. The van der Waals surface area contributed by atoms with Crippen molar-refractivity contribution in [2.75, 3.05) is 5.01 Å². The van der Waals surface area contributed by atoms with E-state index in [0.717, 1.165) is 11.4 Å². The number of nitrogens with zero attached hydrogens (tertiary/aromatic N) is 3. The van der Waals surface area contributed by atoms with Gasteiger partial charge in [-0.1, -0.05) is 48.5 Å². The maximum atomic E-state index is 11.0. The van der Waals surface area contributed by atoms with E-state index in [4.69, 9.17) is 4.42 Å². The van der Waals surface area contributed by atoms with E-state index in [1.165, 1.54) is 12.1 Å². The molecular weight excluding hydrogens is 366 g/mol. The van der Waals surface area contributed by atoms with Crippen molar-refractivity contribution in [1.82, 2.24) is 0 Å². The number of hydrogen-bond acceptors (Lipinski definition) is 5. The lowest BCUT2D eigenvalue weighted by atomic mass is 10.1. The summed E-state index contributed by atoms with van der Waals surface area (Å²) in [7, 11) is 0. The van der Waals surface area contributed by atoms with Gasteiger partial charge in [-0.05, 0) is 36.4 Å². The Labute approximate surface area is 167 Å². The Morgan fingerprint density at radius 3 is 2.10 bits per heavy atom. The number of para-hydroxylation sites is 2. The number of nitro benzene ring substituents is 1. The van der Waals surface area contributed by atoms with Gasteiger partial charge in [0.25, 0.3) is 5.69 Å². The van der Waals surface area contributed by atoms with Crippen LogP contribution in [0, 0.1) is 10.1 Å². The monoisotopic (exact) mass is 383 g/mol. The maximum absolute atomic E-state index is 11.0. The van der Waals surface area contributed by atoms with Crippen molar-refractivity contribution in [1.29, 1.82) is 0 Å². The van der Waals surface area contributed by atoms with Gasteiger partial charge < -0.3 is 4.42 Å². The van der Waals surface area contributed by atoms with Crippen LogP contribution >= 0.6 is 0 Å². The highest BCUT2D eigenvalue weighted by Gasteiger charge is 2.11. The first kappa shape index (κ1) is 18.2. The minimum Gasteiger partial charge on any atom is -0.455 e. The number of furan rings is 1. The van der Waals surface area contributed by atoms with Crippen LogP contribution in [0.25, 0.3) is 11.3 Å². The SMILES string of the molecule is O=[N+]([O-])c1cccc(-c2ccc(/C=N/N(c3ccccc3)c3ccccc3)o2)c1. The van der Waals surface area contributed by atoms with Gasteiger partial charge in [-0.2, -0.15) is 5.10 Å². The van der Waals surface area contributed by atoms with E-state index in [-0.39, 0.29) is 5.69 Å². The van der Waals surface area contributed by atoms with Crippen molar-refractivity contribution >= 4 is 23.3 Å². The van der Waals surface area contributed by atoms with Gasteiger partial charge in [0.2, 0.25) is 0 Å². The van der Waals surface area contributed by atoms with E-state index in [2.05, 4.69) is 5.10 Å². The molecule has 0 amide bonds. The van der Waals surface area contributed by atoms with Gasteiger partial charge in [0.1, 0.15) is 11.5 Å². The van der Waals surface area contributed by atoms with E-state index in [1.807, 2.05) is 65.7 Å². The lowest BCUT2D eigenvalue weighted by Crippen LogP contribution is -2.08. The highest BCUT2D eigenvalue weighted by atomic mass is 16.6. The van der Waals surface area contributed by atoms with E-state index in [0.29, 0.717) is 17.1 Å². The molecule has 1 heterocycles. The molecule has 0 N–H and O–H groups in total. The van der Waals surface area contributed by atoms with E-state index < -0.39 is 4.92 Å². The molecule has 0 saturated carbocycles. The average molecular weight is 383 g/mol. The Kier molecular flexibility index (Phi) is 5.16. The molecule has 0 aliphatic rings. The Hall–Kier alpha value is -4.19. The lowest BCUT2D eigenvalue weighted by molar-refractivity contribution is -0.384. The molecule has 6 nitrogen and oxygen atoms in total. The molecule has 29 heavy (non-hydrogen) atoms. The second kappa shape index (κ2) is 8.22. The summed E-state index contributed by atoms with van der Waals surface area (Å²) >= 11 is 0. The maximum Gasteiger partial charge on any atom is 0.270 e. The van der Waals surface area contributed by atoms with Crippen molar-refractivity contribution < 1.29 is 9.34 Å². The molecule has 0 spiro atoms. The molecule has 4 aromatic rings. The van der Waals surface area contributed by atoms with Gasteiger partial charge in [0.15, 0.2) is 0 Å². The van der Waals surface area contributed by atoms with Crippen molar-refractivity contribution in [3.05, 3.63) is 113 Å². The van der Waals surface area contributed by atoms with Crippen LogP contribution in [0.1, 0.15) is 5.76 Å². The van der Waals surface area contributed by atoms with Crippen LogP contribution in [0.2, 0.25) is 0 Å². The molecule has 0 fully saturated rings. The fourth-order valence-corrected chi connectivity index (χ4v) is 2.89. The number of hydrazone groups is 1. The van der Waals surface area contributed by atoms with Crippen LogP contribution in [0.15, 0.2) is 107 Å². The van der Waals surface area contributed by atoms with E-state index in [1.54, 1.807) is 30.5 Å². The zero-order valence-corrected chi connectivity index (χ0v) is 15.4. The first-order valence-corrected chi connectivity index (χ1v) is 8.99. The molecule has 0 aliphatic carbocycles. The van der Waals surface area contributed by atoms with Gasteiger partial charge in [-0.3, -0.25) is 10.1 Å². The van der Waals surface area contributed by atoms with Gasteiger partial charge in [-0.25, -0.2) is 5.01 Å². The zero-order chi connectivity index (χ0) is 20.1. The summed E-state index contributed by atoms with van der Waals surface area (Å²) in [6, 6.07) is 29.5. The van der Waals surface area contributed by atoms with Gasteiger partial charge in [0, 0.05) is 17.7 Å². The minimum absolute atomic E-state index is 0.0217. The molecule has 0 radical (unpaired) electrons. The van der Waals surface area contributed by atoms with Crippen molar-refractivity contribution in [2.24, 2.45) is 5.10 Å². The summed E-state index contributed by atoms with van der Waals surface area (Å²) in [5.74, 6) is 1.09. The van der Waals surface area contributed by atoms with Gasteiger partial charge >= 0.3 is 0 Å². The summed E-state index contributed by atoms with van der Waals surface area (Å²) in [5.41, 5.74) is 2.50. The molecule has 3 aromatic carbocycles. The predicted molar refractivity (Wildman–Crippen MR) is 113 cm³/mol. The first-order chi connectivity index (χ1) is 14.2. The zero-order valence-electron chi connectivity index (χ0n) is 15.4. The van der Waals surface area contributed by atoms with Crippen LogP contribution in [0.4, 0.5) is 17.1 Å². The molecule has 0 unspecified atom stereocenters. The largest absolute Gasteiger partial charge is 0.455 e.